The third-order valence-corrected chi connectivity index (χ3v) is 9.11. The number of ether oxygens (including phenoxy) is 4. The molecule has 2 fully saturated rings. The maximum Gasteiger partial charge on any atom is 0.510 e. The highest BCUT2D eigenvalue weighted by Crippen LogP contribution is 2.32. The Hall–Kier alpha value is -4.10. The number of hydrogen-bond acceptors (Lipinski definition) is 14. The molecule has 1 saturated heterocycles. The number of nitrogens with zero attached hydrogens (tertiary/aromatic N) is 7. The Labute approximate surface area is 291 Å². The van der Waals surface area contributed by atoms with Gasteiger partial charge < -0.3 is 34.9 Å². The van der Waals surface area contributed by atoms with Crippen LogP contribution in [0.15, 0.2) is 30.5 Å². The zero-order valence-electron chi connectivity index (χ0n) is 28.2. The zero-order chi connectivity index (χ0) is 34.6. The van der Waals surface area contributed by atoms with E-state index in [-0.39, 0.29) is 25.3 Å². The van der Waals surface area contributed by atoms with E-state index in [4.69, 9.17) is 35.5 Å². The maximum atomic E-state index is 11.6. The third kappa shape index (κ3) is 10.2. The molecule has 3 aromatic heterocycles. The number of hydrogen-bond donors (Lipinski definition) is 3. The standard InChI is InChI=1S/C33H45ClN10O5/c1-4-48-32(45)49-23(3)44-31(41-42-43-44)19-47-18-22(2)38-24-8-10-25(11-9-24)39-30-16-26(27(34)17-36-30)28-6-5-7-29(40-28)37-21-33(20-35)12-14-46-15-13-33/h5-7,16-17,22-25,38H,4,8-15,18-19,21H2,1-3H3,(H,36,39)(H,37,40)/t22-,23+,24?,25?/m0/s1. The van der Waals surface area contributed by atoms with E-state index >= 15 is 0 Å². The van der Waals surface area contributed by atoms with E-state index in [1.54, 1.807) is 20.0 Å². The average Bonchev–Trinajstić information content (AvgIpc) is 3.58. The highest BCUT2D eigenvalue weighted by atomic mass is 35.5. The maximum absolute atomic E-state index is 11.6. The van der Waals surface area contributed by atoms with Crippen LogP contribution in [-0.2, 0) is 25.6 Å². The molecule has 0 unspecified atom stereocenters. The number of anilines is 2. The van der Waals surface area contributed by atoms with E-state index in [9.17, 15) is 10.1 Å². The molecular weight excluding hydrogens is 652 g/mol. The normalized spacial score (nSPS) is 20.1. The van der Waals surface area contributed by atoms with Crippen molar-refractivity contribution in [1.29, 1.82) is 5.26 Å². The van der Waals surface area contributed by atoms with Crippen LogP contribution in [0.2, 0.25) is 5.02 Å². The first kappa shape index (κ1) is 36.2. The van der Waals surface area contributed by atoms with E-state index in [1.807, 2.05) is 24.3 Å². The van der Waals surface area contributed by atoms with Crippen LogP contribution in [0, 0.1) is 16.7 Å². The summed E-state index contributed by atoms with van der Waals surface area (Å²) in [5.74, 6) is 1.91. The van der Waals surface area contributed by atoms with Gasteiger partial charge in [-0.15, -0.1) is 5.10 Å². The SMILES string of the molecule is CCOC(=O)O[C@H](C)n1nnnc1COC[C@H](C)NC1CCC(Nc2cc(-c3cccc(NCC4(C#N)CCOCC4)n3)c(Cl)cn2)CC1. The van der Waals surface area contributed by atoms with Crippen molar-refractivity contribution in [2.24, 2.45) is 5.41 Å². The fourth-order valence-corrected chi connectivity index (χ4v) is 6.27. The minimum absolute atomic E-state index is 0.118. The molecule has 5 rings (SSSR count). The molecule has 0 spiro atoms. The first-order valence-corrected chi connectivity index (χ1v) is 17.2. The van der Waals surface area contributed by atoms with Crippen LogP contribution in [0.25, 0.3) is 11.3 Å². The molecule has 16 heteroatoms. The second-order valence-electron chi connectivity index (χ2n) is 12.5. The van der Waals surface area contributed by atoms with Gasteiger partial charge in [0.2, 0.25) is 0 Å². The minimum Gasteiger partial charge on any atom is -0.435 e. The highest BCUT2D eigenvalue weighted by Gasteiger charge is 2.32. The lowest BCUT2D eigenvalue weighted by molar-refractivity contribution is -0.00389. The Morgan fingerprint density at radius 2 is 1.96 bits per heavy atom. The molecule has 0 amide bonds. The molecule has 2 aliphatic rings. The highest BCUT2D eigenvalue weighted by molar-refractivity contribution is 6.33. The van der Waals surface area contributed by atoms with Crippen LogP contribution in [0.1, 0.15) is 71.3 Å². The first-order chi connectivity index (χ1) is 23.8. The van der Waals surface area contributed by atoms with Crippen molar-refractivity contribution in [1.82, 2.24) is 35.5 Å². The third-order valence-electron chi connectivity index (χ3n) is 8.81. The molecule has 1 aliphatic carbocycles. The number of pyridine rings is 2. The lowest BCUT2D eigenvalue weighted by Crippen LogP contribution is -2.43. The van der Waals surface area contributed by atoms with Crippen LogP contribution in [0.4, 0.5) is 16.4 Å². The molecular formula is C33H45ClN10O5. The number of carbonyl (C=O) groups excluding carboxylic acids is 1. The minimum atomic E-state index is -0.779. The van der Waals surface area contributed by atoms with Crippen molar-refractivity contribution in [3.8, 4) is 17.3 Å². The molecule has 49 heavy (non-hydrogen) atoms. The Balaban J connectivity index is 1.06. The van der Waals surface area contributed by atoms with Crippen molar-refractivity contribution in [2.45, 2.75) is 90.3 Å². The molecule has 0 bridgehead atoms. The smallest absolute Gasteiger partial charge is 0.435 e. The monoisotopic (exact) mass is 696 g/mol. The van der Waals surface area contributed by atoms with Crippen LogP contribution < -0.4 is 16.0 Å². The van der Waals surface area contributed by atoms with Crippen molar-refractivity contribution >= 4 is 29.4 Å². The molecule has 4 heterocycles. The number of rotatable bonds is 15. The van der Waals surface area contributed by atoms with E-state index in [2.05, 4.69) is 49.5 Å². The van der Waals surface area contributed by atoms with Gasteiger partial charge in [-0.05, 0) is 87.9 Å². The number of tetrazole rings is 1. The van der Waals surface area contributed by atoms with Crippen molar-refractivity contribution in [2.75, 3.05) is 43.6 Å². The van der Waals surface area contributed by atoms with Crippen LogP contribution in [-0.4, -0.2) is 87.4 Å². The predicted molar refractivity (Wildman–Crippen MR) is 182 cm³/mol. The lowest BCUT2D eigenvalue weighted by Gasteiger charge is -2.32. The predicted octanol–water partition coefficient (Wildman–Crippen LogP) is 5.13. The number of aromatic nitrogens is 6. The largest absolute Gasteiger partial charge is 0.510 e. The van der Waals surface area contributed by atoms with Crippen molar-refractivity contribution < 1.29 is 23.7 Å². The summed E-state index contributed by atoms with van der Waals surface area (Å²) in [7, 11) is 0. The van der Waals surface area contributed by atoms with Gasteiger partial charge in [-0.1, -0.05) is 17.7 Å². The first-order valence-electron chi connectivity index (χ1n) is 16.8. The molecule has 1 saturated carbocycles. The summed E-state index contributed by atoms with van der Waals surface area (Å²) in [6, 6.07) is 11.0. The molecule has 0 radical (unpaired) electrons. The van der Waals surface area contributed by atoms with Crippen LogP contribution >= 0.6 is 11.6 Å². The average molecular weight is 697 g/mol. The fraction of sp³-hybridized carbons (Fsp3) is 0.606. The van der Waals surface area contributed by atoms with Gasteiger partial charge in [0.15, 0.2) is 12.1 Å². The molecule has 3 aromatic rings. The van der Waals surface area contributed by atoms with Gasteiger partial charge in [0.25, 0.3) is 0 Å². The number of halogens is 1. The topological polar surface area (TPSA) is 183 Å². The van der Waals surface area contributed by atoms with Gasteiger partial charge in [0, 0.05) is 49.6 Å². The summed E-state index contributed by atoms with van der Waals surface area (Å²) in [6.45, 7) is 8.02. The summed E-state index contributed by atoms with van der Waals surface area (Å²) in [5, 5.41) is 32.5. The van der Waals surface area contributed by atoms with Crippen molar-refractivity contribution in [3.63, 3.8) is 0 Å². The Bertz CT molecular complexity index is 1550. The van der Waals surface area contributed by atoms with E-state index in [1.165, 1.54) is 4.68 Å². The number of nitrogens with one attached hydrogen (secondary N) is 3. The van der Waals surface area contributed by atoms with Crippen LogP contribution in [0.5, 0.6) is 0 Å². The van der Waals surface area contributed by atoms with Gasteiger partial charge in [0.1, 0.15) is 18.2 Å². The summed E-state index contributed by atoms with van der Waals surface area (Å²) >= 11 is 6.59. The van der Waals surface area contributed by atoms with E-state index < -0.39 is 17.8 Å². The molecule has 0 aromatic carbocycles. The lowest BCUT2D eigenvalue weighted by atomic mass is 9.82. The molecule has 2 atom stereocenters. The quantitative estimate of drug-likeness (QED) is 0.178. The summed E-state index contributed by atoms with van der Waals surface area (Å²) in [4.78, 5) is 21.0. The Kier molecular flexibility index (Phi) is 12.9. The molecule has 3 N–H and O–H groups in total. The Morgan fingerprint density at radius 1 is 1.18 bits per heavy atom. The summed E-state index contributed by atoms with van der Waals surface area (Å²) in [5.41, 5.74) is 1.08. The summed E-state index contributed by atoms with van der Waals surface area (Å²) < 4.78 is 22.7. The second-order valence-corrected chi connectivity index (χ2v) is 12.9. The zero-order valence-corrected chi connectivity index (χ0v) is 29.0. The van der Waals surface area contributed by atoms with Gasteiger partial charge in [-0.2, -0.15) is 9.94 Å². The number of nitriles is 1. The van der Waals surface area contributed by atoms with Crippen LogP contribution in [0.3, 0.4) is 0 Å². The van der Waals surface area contributed by atoms with Gasteiger partial charge in [-0.3, -0.25) is 0 Å². The second kappa shape index (κ2) is 17.5. The fourth-order valence-electron chi connectivity index (χ4n) is 6.07. The van der Waals surface area contributed by atoms with Gasteiger partial charge in [0.05, 0.1) is 35.4 Å². The number of carbonyl (C=O) groups is 1. The molecule has 264 valence electrons. The molecule has 1 aliphatic heterocycles. The molecule has 15 nitrogen and oxygen atoms in total. The van der Waals surface area contributed by atoms with E-state index in [0.29, 0.717) is 61.9 Å². The van der Waals surface area contributed by atoms with Crippen molar-refractivity contribution in [3.05, 3.63) is 41.3 Å². The van der Waals surface area contributed by atoms with Gasteiger partial charge in [-0.25, -0.2) is 14.8 Å². The van der Waals surface area contributed by atoms with Gasteiger partial charge >= 0.3 is 6.16 Å². The van der Waals surface area contributed by atoms with E-state index in [0.717, 1.165) is 42.8 Å². The Morgan fingerprint density at radius 3 is 2.71 bits per heavy atom. The summed E-state index contributed by atoms with van der Waals surface area (Å²) in [6.07, 6.45) is 5.56.